The molecule has 0 atom stereocenters. The molecule has 0 fully saturated rings. The van der Waals surface area contributed by atoms with E-state index in [1.54, 1.807) is 31.4 Å². The molecule has 0 aliphatic rings. The summed E-state index contributed by atoms with van der Waals surface area (Å²) in [7, 11) is 0. The summed E-state index contributed by atoms with van der Waals surface area (Å²) in [4.78, 5) is 17.3. The number of nitrogens with one attached hydrogen (secondary N) is 1. The molecule has 0 bridgehead atoms. The minimum Gasteiger partial charge on any atom is -0.463 e. The highest BCUT2D eigenvalue weighted by molar-refractivity contribution is 5.51. The largest absolute Gasteiger partial charge is 0.463 e. The fraction of sp³-hybridized carbons (Fsp3) is 0.111. The first-order chi connectivity index (χ1) is 6.25. The van der Waals surface area contributed by atoms with Crippen LogP contribution in [0, 0.1) is 6.92 Å². The van der Waals surface area contributed by atoms with E-state index in [0.29, 0.717) is 11.5 Å². The number of furan rings is 1. The molecular weight excluding hydrogens is 168 g/mol. The Morgan fingerprint density at radius 3 is 3.00 bits per heavy atom. The van der Waals surface area contributed by atoms with E-state index in [1.807, 2.05) is 0 Å². The number of H-pyrrole nitrogens is 1. The summed E-state index contributed by atoms with van der Waals surface area (Å²) in [5.74, 6) is 0.606. The van der Waals surface area contributed by atoms with Crippen LogP contribution >= 0.6 is 0 Å². The quantitative estimate of drug-likeness (QED) is 0.713. The van der Waals surface area contributed by atoms with Gasteiger partial charge in [0.25, 0.3) is 0 Å². The number of rotatable bonds is 1. The van der Waals surface area contributed by atoms with Crippen LogP contribution in [0.25, 0.3) is 11.5 Å². The van der Waals surface area contributed by atoms with Gasteiger partial charge in [-0.1, -0.05) is 0 Å². The molecule has 0 saturated heterocycles. The Hall–Kier alpha value is -1.84. The van der Waals surface area contributed by atoms with Gasteiger partial charge >= 0.3 is 5.69 Å². The lowest BCUT2D eigenvalue weighted by molar-refractivity contribution is 0.579. The number of aryl methyl sites for hydroxylation is 1. The SMILES string of the molecule is Cc1cc(-c2ccco2)nc(=O)[nH]1. The monoisotopic (exact) mass is 176 g/mol. The third kappa shape index (κ3) is 1.51. The first kappa shape index (κ1) is 7.79. The molecule has 0 spiro atoms. The summed E-state index contributed by atoms with van der Waals surface area (Å²) in [6.45, 7) is 1.80. The highest BCUT2D eigenvalue weighted by atomic mass is 16.3. The van der Waals surface area contributed by atoms with Gasteiger partial charge in [-0.15, -0.1) is 0 Å². The van der Waals surface area contributed by atoms with Crippen molar-refractivity contribution in [1.82, 2.24) is 9.97 Å². The molecule has 4 nitrogen and oxygen atoms in total. The molecule has 0 radical (unpaired) electrons. The number of aromatic nitrogens is 2. The van der Waals surface area contributed by atoms with E-state index < -0.39 is 0 Å². The Morgan fingerprint density at radius 2 is 2.38 bits per heavy atom. The van der Waals surface area contributed by atoms with Crippen molar-refractivity contribution < 1.29 is 4.42 Å². The van der Waals surface area contributed by atoms with Crippen LogP contribution in [0.1, 0.15) is 5.69 Å². The summed E-state index contributed by atoms with van der Waals surface area (Å²) in [6.07, 6.45) is 1.55. The molecule has 1 N–H and O–H groups in total. The molecule has 2 aromatic heterocycles. The van der Waals surface area contributed by atoms with Crippen molar-refractivity contribution in [2.45, 2.75) is 6.92 Å². The Bertz CT molecular complexity index is 457. The molecule has 0 saturated carbocycles. The summed E-state index contributed by atoms with van der Waals surface area (Å²) >= 11 is 0. The number of nitrogens with zero attached hydrogens (tertiary/aromatic N) is 1. The van der Waals surface area contributed by atoms with Gasteiger partial charge in [-0.25, -0.2) is 4.79 Å². The summed E-state index contributed by atoms with van der Waals surface area (Å²) in [5.41, 5.74) is 0.976. The lowest BCUT2D eigenvalue weighted by Gasteiger charge is -1.95. The van der Waals surface area contributed by atoms with E-state index in [-0.39, 0.29) is 5.69 Å². The second-order valence-electron chi connectivity index (χ2n) is 2.73. The zero-order valence-corrected chi connectivity index (χ0v) is 7.07. The van der Waals surface area contributed by atoms with E-state index in [4.69, 9.17) is 4.42 Å². The molecule has 13 heavy (non-hydrogen) atoms. The fourth-order valence-electron chi connectivity index (χ4n) is 1.13. The Balaban J connectivity index is 2.59. The van der Waals surface area contributed by atoms with Gasteiger partial charge in [-0.05, 0) is 25.1 Å². The van der Waals surface area contributed by atoms with Crippen molar-refractivity contribution in [1.29, 1.82) is 0 Å². The van der Waals surface area contributed by atoms with E-state index in [1.165, 1.54) is 0 Å². The van der Waals surface area contributed by atoms with E-state index in [2.05, 4.69) is 9.97 Å². The van der Waals surface area contributed by atoms with E-state index >= 15 is 0 Å². The van der Waals surface area contributed by atoms with Crippen molar-refractivity contribution in [3.63, 3.8) is 0 Å². The Labute approximate surface area is 74.2 Å². The van der Waals surface area contributed by atoms with Gasteiger partial charge in [0.1, 0.15) is 5.69 Å². The van der Waals surface area contributed by atoms with Gasteiger partial charge < -0.3 is 9.40 Å². The smallest absolute Gasteiger partial charge is 0.345 e. The number of hydrogen-bond donors (Lipinski definition) is 1. The van der Waals surface area contributed by atoms with Crippen molar-refractivity contribution in [3.05, 3.63) is 40.6 Å². The predicted molar refractivity (Wildman–Crippen MR) is 47.3 cm³/mol. The highest BCUT2D eigenvalue weighted by Crippen LogP contribution is 2.15. The van der Waals surface area contributed by atoms with Crippen molar-refractivity contribution in [2.75, 3.05) is 0 Å². The molecule has 0 aliphatic carbocycles. The molecule has 66 valence electrons. The van der Waals surface area contributed by atoms with Crippen LogP contribution in [-0.4, -0.2) is 9.97 Å². The van der Waals surface area contributed by atoms with Crippen molar-refractivity contribution >= 4 is 0 Å². The maximum Gasteiger partial charge on any atom is 0.345 e. The minimum absolute atomic E-state index is 0.355. The number of aromatic amines is 1. The molecule has 4 heteroatoms. The van der Waals surface area contributed by atoms with Gasteiger partial charge in [-0.2, -0.15) is 4.98 Å². The normalized spacial score (nSPS) is 10.2. The van der Waals surface area contributed by atoms with Gasteiger partial charge in [-0.3, -0.25) is 0 Å². The van der Waals surface area contributed by atoms with Crippen molar-refractivity contribution in [2.24, 2.45) is 0 Å². The van der Waals surface area contributed by atoms with Gasteiger partial charge in [0, 0.05) is 5.69 Å². The van der Waals surface area contributed by atoms with Crippen LogP contribution in [0.15, 0.2) is 33.7 Å². The molecule has 0 aliphatic heterocycles. The van der Waals surface area contributed by atoms with Crippen LogP contribution in [0.3, 0.4) is 0 Å². The number of hydrogen-bond acceptors (Lipinski definition) is 3. The zero-order valence-electron chi connectivity index (χ0n) is 7.07. The molecule has 0 amide bonds. The zero-order chi connectivity index (χ0) is 9.26. The van der Waals surface area contributed by atoms with Crippen LogP contribution < -0.4 is 5.69 Å². The molecule has 2 rings (SSSR count). The minimum atomic E-state index is -0.355. The molecular formula is C9H8N2O2. The van der Waals surface area contributed by atoms with Crippen LogP contribution in [0.5, 0.6) is 0 Å². The molecule has 2 aromatic rings. The second-order valence-corrected chi connectivity index (χ2v) is 2.73. The lowest BCUT2D eigenvalue weighted by Crippen LogP contribution is -2.11. The van der Waals surface area contributed by atoms with Crippen LogP contribution in [0.4, 0.5) is 0 Å². The molecule has 0 aromatic carbocycles. The summed E-state index contributed by atoms with van der Waals surface area (Å²) in [5, 5.41) is 0. The maximum absolute atomic E-state index is 11.0. The topological polar surface area (TPSA) is 58.9 Å². The predicted octanol–water partition coefficient (Wildman–Crippen LogP) is 1.34. The first-order valence-electron chi connectivity index (χ1n) is 3.87. The second kappa shape index (κ2) is 2.90. The Morgan fingerprint density at radius 1 is 1.54 bits per heavy atom. The maximum atomic E-state index is 11.0. The average Bonchev–Trinajstić information content (AvgIpc) is 2.53. The highest BCUT2D eigenvalue weighted by Gasteiger charge is 2.03. The fourth-order valence-corrected chi connectivity index (χ4v) is 1.13. The van der Waals surface area contributed by atoms with E-state index in [0.717, 1.165) is 5.69 Å². The molecule has 2 heterocycles. The van der Waals surface area contributed by atoms with Crippen molar-refractivity contribution in [3.8, 4) is 11.5 Å². The van der Waals surface area contributed by atoms with E-state index in [9.17, 15) is 4.79 Å². The average molecular weight is 176 g/mol. The third-order valence-corrected chi connectivity index (χ3v) is 1.65. The van der Waals surface area contributed by atoms with Gasteiger partial charge in [0.05, 0.1) is 6.26 Å². The first-order valence-corrected chi connectivity index (χ1v) is 3.87. The summed E-state index contributed by atoms with van der Waals surface area (Å²) < 4.78 is 5.11. The van der Waals surface area contributed by atoms with Gasteiger partial charge in [0.15, 0.2) is 5.76 Å². The standard InChI is InChI=1S/C9H8N2O2/c1-6-5-7(11-9(12)10-6)8-3-2-4-13-8/h2-5H,1H3,(H,10,11,12). The Kier molecular flexibility index (Phi) is 1.73. The lowest BCUT2D eigenvalue weighted by atomic mass is 10.3. The third-order valence-electron chi connectivity index (χ3n) is 1.65. The molecule has 0 unspecified atom stereocenters. The summed E-state index contributed by atoms with van der Waals surface area (Å²) in [6, 6.07) is 5.29. The van der Waals surface area contributed by atoms with Crippen LogP contribution in [0.2, 0.25) is 0 Å². The van der Waals surface area contributed by atoms with Gasteiger partial charge in [0.2, 0.25) is 0 Å². The van der Waals surface area contributed by atoms with Crippen LogP contribution in [-0.2, 0) is 0 Å².